The number of furan rings is 1. The first-order chi connectivity index (χ1) is 3.72. The van der Waals surface area contributed by atoms with Gasteiger partial charge in [-0.15, -0.1) is 0 Å². The number of aryl methyl sites for hydroxylation is 1. The molecule has 0 amide bonds. The van der Waals surface area contributed by atoms with Gasteiger partial charge in [-0.25, -0.2) is 0 Å². The van der Waals surface area contributed by atoms with Gasteiger partial charge in [-0.2, -0.15) is 8.78 Å². The fourth-order valence-electron chi connectivity index (χ4n) is 0.399. The van der Waals surface area contributed by atoms with Crippen molar-refractivity contribution in [3.63, 3.8) is 0 Å². The van der Waals surface area contributed by atoms with Crippen LogP contribution in [0, 0.1) is 18.8 Å². The summed E-state index contributed by atoms with van der Waals surface area (Å²) in [4.78, 5) is 0. The van der Waals surface area contributed by atoms with Crippen molar-refractivity contribution in [2.45, 2.75) is 6.92 Å². The molecule has 8 heavy (non-hydrogen) atoms. The number of rotatable bonds is 0. The van der Waals surface area contributed by atoms with Gasteiger partial charge >= 0.3 is 6.01 Å². The molecule has 0 N–H and O–H groups in total. The molecular weight excluding hydrogens is 114 g/mol. The molecule has 0 spiro atoms. The lowest BCUT2D eigenvalue weighted by atomic mass is 10.4. The summed E-state index contributed by atoms with van der Waals surface area (Å²) in [5.41, 5.74) is 0.197. The lowest BCUT2D eigenvalue weighted by Crippen LogP contribution is -1.73. The molecule has 0 saturated carbocycles. The summed E-state index contributed by atoms with van der Waals surface area (Å²) >= 11 is 0. The van der Waals surface area contributed by atoms with E-state index in [2.05, 4.69) is 4.42 Å². The number of hydrogen-bond acceptors (Lipinski definition) is 1. The molecule has 0 aliphatic carbocycles. The maximum absolute atomic E-state index is 12.0. The molecule has 0 fully saturated rings. The quantitative estimate of drug-likeness (QED) is 0.506. The smallest absolute Gasteiger partial charge is 0.314 e. The van der Waals surface area contributed by atoms with Gasteiger partial charge in [-0.05, 0) is 6.92 Å². The molecule has 0 aliphatic heterocycles. The van der Waals surface area contributed by atoms with Gasteiger partial charge in [0.15, 0.2) is 0 Å². The second kappa shape index (κ2) is 1.58. The van der Waals surface area contributed by atoms with E-state index < -0.39 is 11.8 Å². The second-order valence-electron chi connectivity index (χ2n) is 1.51. The summed E-state index contributed by atoms with van der Waals surface area (Å²) in [7, 11) is 0. The first-order valence-corrected chi connectivity index (χ1v) is 2.11. The molecular formula is C5H4F2O. The van der Waals surface area contributed by atoms with Gasteiger partial charge in [0.05, 0.1) is 6.26 Å². The molecule has 0 aromatic carbocycles. The third-order valence-electron chi connectivity index (χ3n) is 0.858. The Morgan fingerprint density at radius 3 is 2.25 bits per heavy atom. The van der Waals surface area contributed by atoms with Gasteiger partial charge in [-0.1, -0.05) is 0 Å². The van der Waals surface area contributed by atoms with Gasteiger partial charge in [-0.3, -0.25) is 0 Å². The second-order valence-corrected chi connectivity index (χ2v) is 1.51. The van der Waals surface area contributed by atoms with E-state index in [1.165, 1.54) is 6.92 Å². The van der Waals surface area contributed by atoms with E-state index in [0.717, 1.165) is 6.26 Å². The fourth-order valence-corrected chi connectivity index (χ4v) is 0.399. The van der Waals surface area contributed by atoms with E-state index in [9.17, 15) is 8.78 Å². The molecule has 1 aromatic heterocycles. The topological polar surface area (TPSA) is 13.1 Å². The molecule has 3 heteroatoms. The normalized spacial score (nSPS) is 9.88. The molecule has 0 saturated heterocycles. The van der Waals surface area contributed by atoms with Crippen LogP contribution in [0.1, 0.15) is 5.56 Å². The summed E-state index contributed by atoms with van der Waals surface area (Å²) in [6.45, 7) is 1.43. The van der Waals surface area contributed by atoms with Crippen molar-refractivity contribution < 1.29 is 13.2 Å². The molecule has 0 atom stereocenters. The largest absolute Gasteiger partial charge is 0.437 e. The van der Waals surface area contributed by atoms with E-state index in [0.29, 0.717) is 0 Å². The monoisotopic (exact) mass is 118 g/mol. The van der Waals surface area contributed by atoms with Gasteiger partial charge < -0.3 is 4.42 Å². The van der Waals surface area contributed by atoms with Crippen LogP contribution in [-0.4, -0.2) is 0 Å². The van der Waals surface area contributed by atoms with E-state index >= 15 is 0 Å². The first kappa shape index (κ1) is 5.28. The molecule has 1 rings (SSSR count). The van der Waals surface area contributed by atoms with Crippen LogP contribution in [0.3, 0.4) is 0 Å². The summed E-state index contributed by atoms with van der Waals surface area (Å²) in [6.07, 6.45) is 1.03. The third kappa shape index (κ3) is 0.598. The summed E-state index contributed by atoms with van der Waals surface area (Å²) in [5, 5.41) is 0. The molecule has 0 bridgehead atoms. The SMILES string of the molecule is Cc1coc(F)c1F. The minimum Gasteiger partial charge on any atom is -0.437 e. The highest BCUT2D eigenvalue weighted by Gasteiger charge is 2.06. The Morgan fingerprint density at radius 2 is 2.12 bits per heavy atom. The number of halogens is 2. The highest BCUT2D eigenvalue weighted by atomic mass is 19.2. The van der Waals surface area contributed by atoms with Crippen molar-refractivity contribution >= 4 is 0 Å². The zero-order chi connectivity index (χ0) is 6.15. The molecule has 0 unspecified atom stereocenters. The minimum atomic E-state index is -1.14. The van der Waals surface area contributed by atoms with Crippen molar-refractivity contribution in [1.82, 2.24) is 0 Å². The Labute approximate surface area is 44.9 Å². The van der Waals surface area contributed by atoms with Crippen LogP contribution in [0.15, 0.2) is 10.7 Å². The van der Waals surface area contributed by atoms with E-state index in [-0.39, 0.29) is 5.56 Å². The lowest BCUT2D eigenvalue weighted by Gasteiger charge is -1.75. The van der Waals surface area contributed by atoms with Gasteiger partial charge in [0.1, 0.15) is 0 Å². The predicted octanol–water partition coefficient (Wildman–Crippen LogP) is 1.87. The van der Waals surface area contributed by atoms with E-state index in [1.807, 2.05) is 0 Å². The maximum atomic E-state index is 12.0. The third-order valence-corrected chi connectivity index (χ3v) is 0.858. The standard InChI is InChI=1S/C5H4F2O/c1-3-2-8-5(7)4(3)6/h2H,1H3. The van der Waals surface area contributed by atoms with Crippen LogP contribution in [0.5, 0.6) is 0 Å². The Hall–Kier alpha value is -0.860. The van der Waals surface area contributed by atoms with Crippen LogP contribution >= 0.6 is 0 Å². The highest BCUT2D eigenvalue weighted by molar-refractivity contribution is 5.06. The number of hydrogen-bond donors (Lipinski definition) is 0. The minimum absolute atomic E-state index is 0.197. The lowest BCUT2D eigenvalue weighted by molar-refractivity contribution is 0.326. The average Bonchev–Trinajstić information content (AvgIpc) is 1.98. The van der Waals surface area contributed by atoms with E-state index in [4.69, 9.17) is 0 Å². The Morgan fingerprint density at radius 1 is 1.50 bits per heavy atom. The zero-order valence-electron chi connectivity index (χ0n) is 4.24. The Balaban J connectivity index is 3.19. The predicted molar refractivity (Wildman–Crippen MR) is 23.4 cm³/mol. The van der Waals surface area contributed by atoms with Crippen molar-refractivity contribution in [3.05, 3.63) is 23.7 Å². The van der Waals surface area contributed by atoms with Crippen molar-refractivity contribution in [2.24, 2.45) is 0 Å². The van der Waals surface area contributed by atoms with Crippen LogP contribution < -0.4 is 0 Å². The zero-order valence-corrected chi connectivity index (χ0v) is 4.24. The van der Waals surface area contributed by atoms with Gasteiger partial charge in [0, 0.05) is 5.56 Å². The van der Waals surface area contributed by atoms with Gasteiger partial charge in [0.2, 0.25) is 5.82 Å². The van der Waals surface area contributed by atoms with Crippen LogP contribution in [0.4, 0.5) is 8.78 Å². The Kier molecular flexibility index (Phi) is 1.04. The summed E-state index contributed by atoms with van der Waals surface area (Å²) < 4.78 is 27.9. The van der Waals surface area contributed by atoms with Crippen molar-refractivity contribution in [2.75, 3.05) is 0 Å². The maximum Gasteiger partial charge on any atom is 0.314 e. The molecule has 44 valence electrons. The van der Waals surface area contributed by atoms with Crippen molar-refractivity contribution in [1.29, 1.82) is 0 Å². The van der Waals surface area contributed by atoms with E-state index in [1.54, 1.807) is 0 Å². The summed E-state index contributed by atoms with van der Waals surface area (Å²) in [6, 6.07) is -1.14. The fraction of sp³-hybridized carbons (Fsp3) is 0.200. The summed E-state index contributed by atoms with van der Waals surface area (Å²) in [5.74, 6) is -0.898. The van der Waals surface area contributed by atoms with Gasteiger partial charge in [0.25, 0.3) is 0 Å². The molecule has 1 nitrogen and oxygen atoms in total. The molecule has 0 aliphatic rings. The highest BCUT2D eigenvalue weighted by Crippen LogP contribution is 2.10. The average molecular weight is 118 g/mol. The van der Waals surface area contributed by atoms with Crippen LogP contribution in [0.2, 0.25) is 0 Å². The van der Waals surface area contributed by atoms with Crippen LogP contribution in [-0.2, 0) is 0 Å². The molecule has 1 aromatic rings. The van der Waals surface area contributed by atoms with Crippen LogP contribution in [0.25, 0.3) is 0 Å². The Bertz CT molecular complexity index is 173. The molecule has 1 heterocycles. The molecule has 0 radical (unpaired) electrons. The van der Waals surface area contributed by atoms with Crippen molar-refractivity contribution in [3.8, 4) is 0 Å². The first-order valence-electron chi connectivity index (χ1n) is 2.11.